The minimum absolute atomic E-state index is 0.0437. The molecule has 0 aliphatic heterocycles. The van der Waals surface area contributed by atoms with Crippen molar-refractivity contribution >= 4 is 40.4 Å². The maximum Gasteiger partial charge on any atom is 0.261 e. The summed E-state index contributed by atoms with van der Waals surface area (Å²) in [6.45, 7) is 0.700. The fourth-order valence-corrected chi connectivity index (χ4v) is 2.27. The Bertz CT molecular complexity index is 314. The molecule has 0 aromatic carbocycles. The van der Waals surface area contributed by atoms with Crippen LogP contribution < -0.4 is 5.32 Å². The molecule has 1 heterocycles. The second-order valence-corrected chi connectivity index (χ2v) is 5.20. The highest BCUT2D eigenvalue weighted by Crippen LogP contribution is 2.20. The summed E-state index contributed by atoms with van der Waals surface area (Å²) in [5.41, 5.74) is 0. The fraction of sp³-hybridized carbons (Fsp3) is 0.500. The lowest BCUT2D eigenvalue weighted by Gasteiger charge is -2.02. The van der Waals surface area contributed by atoms with Crippen LogP contribution in [-0.2, 0) is 0 Å². The van der Waals surface area contributed by atoms with E-state index in [2.05, 4.69) is 5.32 Å². The molecule has 0 spiro atoms. The van der Waals surface area contributed by atoms with E-state index in [9.17, 15) is 4.79 Å². The Labute approximate surface area is 104 Å². The molecular weight excluding hydrogens is 253 g/mol. The van der Waals surface area contributed by atoms with Gasteiger partial charge in [0.1, 0.15) is 0 Å². The Morgan fingerprint density at radius 1 is 1.33 bits per heavy atom. The molecule has 84 valence electrons. The van der Waals surface area contributed by atoms with Crippen LogP contribution >= 0.6 is 34.5 Å². The molecule has 2 nitrogen and oxygen atoms in total. The van der Waals surface area contributed by atoms with Crippen LogP contribution in [0.1, 0.15) is 28.9 Å². The van der Waals surface area contributed by atoms with Gasteiger partial charge in [0, 0.05) is 12.4 Å². The Morgan fingerprint density at radius 2 is 2.13 bits per heavy atom. The van der Waals surface area contributed by atoms with Gasteiger partial charge in [-0.25, -0.2) is 0 Å². The number of hydrogen-bond donors (Lipinski definition) is 1. The SMILES string of the molecule is O=C(NCCCCCCl)c1ccc(Cl)s1. The quantitative estimate of drug-likeness (QED) is 0.619. The van der Waals surface area contributed by atoms with Crippen molar-refractivity contribution in [2.75, 3.05) is 12.4 Å². The monoisotopic (exact) mass is 265 g/mol. The third-order valence-electron chi connectivity index (χ3n) is 1.89. The molecule has 1 aromatic rings. The predicted molar refractivity (Wildman–Crippen MR) is 66.2 cm³/mol. The van der Waals surface area contributed by atoms with E-state index < -0.39 is 0 Å². The summed E-state index contributed by atoms with van der Waals surface area (Å²) >= 11 is 12.6. The van der Waals surface area contributed by atoms with Crippen molar-refractivity contribution in [3.8, 4) is 0 Å². The summed E-state index contributed by atoms with van der Waals surface area (Å²) in [6.07, 6.45) is 3.02. The van der Waals surface area contributed by atoms with Gasteiger partial charge in [0.05, 0.1) is 9.21 Å². The molecule has 0 radical (unpaired) electrons. The number of thiophene rings is 1. The summed E-state index contributed by atoms with van der Waals surface area (Å²) in [7, 11) is 0. The lowest BCUT2D eigenvalue weighted by atomic mass is 10.2. The fourth-order valence-electron chi connectivity index (χ4n) is 1.12. The van der Waals surface area contributed by atoms with Crippen LogP contribution in [0, 0.1) is 0 Å². The van der Waals surface area contributed by atoms with E-state index in [0.29, 0.717) is 21.6 Å². The molecule has 0 bridgehead atoms. The van der Waals surface area contributed by atoms with Crippen LogP contribution in [0.25, 0.3) is 0 Å². The van der Waals surface area contributed by atoms with Gasteiger partial charge >= 0.3 is 0 Å². The standard InChI is InChI=1S/C10H13Cl2NOS/c11-6-2-1-3-7-13-10(14)8-4-5-9(12)15-8/h4-5H,1-3,6-7H2,(H,13,14). The number of hydrogen-bond acceptors (Lipinski definition) is 2. The molecule has 0 unspecified atom stereocenters. The van der Waals surface area contributed by atoms with Crippen LogP contribution in [-0.4, -0.2) is 18.3 Å². The zero-order chi connectivity index (χ0) is 11.1. The van der Waals surface area contributed by atoms with Crippen molar-refractivity contribution in [2.45, 2.75) is 19.3 Å². The first-order valence-corrected chi connectivity index (χ1v) is 6.56. The van der Waals surface area contributed by atoms with Gasteiger partial charge in [-0.1, -0.05) is 18.0 Å². The van der Waals surface area contributed by atoms with E-state index in [1.807, 2.05) is 0 Å². The number of rotatable bonds is 6. The van der Waals surface area contributed by atoms with E-state index in [4.69, 9.17) is 23.2 Å². The first kappa shape index (κ1) is 12.8. The Morgan fingerprint density at radius 3 is 2.73 bits per heavy atom. The topological polar surface area (TPSA) is 29.1 Å². The average molecular weight is 266 g/mol. The average Bonchev–Trinajstić information content (AvgIpc) is 2.64. The van der Waals surface area contributed by atoms with Crippen molar-refractivity contribution < 1.29 is 4.79 Å². The second kappa shape index (κ2) is 7.09. The van der Waals surface area contributed by atoms with Gasteiger partial charge in [0.25, 0.3) is 5.91 Å². The summed E-state index contributed by atoms with van der Waals surface area (Å²) in [6, 6.07) is 3.47. The summed E-state index contributed by atoms with van der Waals surface area (Å²) in [5, 5.41) is 2.84. The van der Waals surface area contributed by atoms with Crippen molar-refractivity contribution in [2.24, 2.45) is 0 Å². The van der Waals surface area contributed by atoms with Crippen molar-refractivity contribution in [3.05, 3.63) is 21.3 Å². The van der Waals surface area contributed by atoms with Gasteiger partial charge in [-0.3, -0.25) is 4.79 Å². The summed E-state index contributed by atoms with van der Waals surface area (Å²) in [4.78, 5) is 12.2. The Balaban J connectivity index is 2.19. The molecule has 1 aromatic heterocycles. The van der Waals surface area contributed by atoms with E-state index in [1.54, 1.807) is 12.1 Å². The van der Waals surface area contributed by atoms with Gasteiger partial charge in [-0.15, -0.1) is 22.9 Å². The maximum absolute atomic E-state index is 11.5. The van der Waals surface area contributed by atoms with Gasteiger partial charge in [0.2, 0.25) is 0 Å². The molecule has 0 saturated heterocycles. The third-order valence-corrected chi connectivity index (χ3v) is 3.39. The molecular formula is C10H13Cl2NOS. The van der Waals surface area contributed by atoms with E-state index in [0.717, 1.165) is 19.3 Å². The Kier molecular flexibility index (Phi) is 6.06. The molecule has 5 heteroatoms. The smallest absolute Gasteiger partial charge is 0.261 e. The highest BCUT2D eigenvalue weighted by atomic mass is 35.5. The van der Waals surface area contributed by atoms with Gasteiger partial charge in [0.15, 0.2) is 0 Å². The minimum atomic E-state index is -0.0437. The highest BCUT2D eigenvalue weighted by molar-refractivity contribution is 7.17. The number of nitrogens with one attached hydrogen (secondary N) is 1. The van der Waals surface area contributed by atoms with Gasteiger partial charge in [-0.05, 0) is 25.0 Å². The van der Waals surface area contributed by atoms with E-state index in [1.165, 1.54) is 11.3 Å². The molecule has 1 N–H and O–H groups in total. The third kappa shape index (κ3) is 4.87. The molecule has 0 saturated carbocycles. The van der Waals surface area contributed by atoms with Gasteiger partial charge < -0.3 is 5.32 Å². The van der Waals surface area contributed by atoms with E-state index >= 15 is 0 Å². The zero-order valence-electron chi connectivity index (χ0n) is 8.26. The number of carbonyl (C=O) groups is 1. The van der Waals surface area contributed by atoms with Crippen LogP contribution in [0.5, 0.6) is 0 Å². The largest absolute Gasteiger partial charge is 0.351 e. The lowest BCUT2D eigenvalue weighted by molar-refractivity contribution is 0.0957. The summed E-state index contributed by atoms with van der Waals surface area (Å²) in [5.74, 6) is 0.645. The van der Waals surface area contributed by atoms with Crippen LogP contribution in [0.2, 0.25) is 4.34 Å². The minimum Gasteiger partial charge on any atom is -0.351 e. The lowest BCUT2D eigenvalue weighted by Crippen LogP contribution is -2.23. The number of carbonyl (C=O) groups excluding carboxylic acids is 1. The molecule has 0 atom stereocenters. The summed E-state index contributed by atoms with van der Waals surface area (Å²) < 4.78 is 0.641. The first-order valence-electron chi connectivity index (χ1n) is 4.83. The number of halogens is 2. The van der Waals surface area contributed by atoms with Crippen molar-refractivity contribution in [1.82, 2.24) is 5.32 Å². The van der Waals surface area contributed by atoms with E-state index in [-0.39, 0.29) is 5.91 Å². The first-order chi connectivity index (χ1) is 7.24. The zero-order valence-corrected chi connectivity index (χ0v) is 10.6. The second-order valence-electron chi connectivity index (χ2n) is 3.11. The molecule has 0 aliphatic rings. The van der Waals surface area contributed by atoms with Gasteiger partial charge in [-0.2, -0.15) is 0 Å². The molecule has 1 rings (SSSR count). The number of alkyl halides is 1. The predicted octanol–water partition coefficient (Wildman–Crippen LogP) is 3.54. The van der Waals surface area contributed by atoms with Crippen LogP contribution in [0.15, 0.2) is 12.1 Å². The highest BCUT2D eigenvalue weighted by Gasteiger charge is 2.06. The molecule has 15 heavy (non-hydrogen) atoms. The Hall–Kier alpha value is -0.250. The molecule has 1 amide bonds. The maximum atomic E-state index is 11.5. The number of unbranched alkanes of at least 4 members (excludes halogenated alkanes) is 2. The normalized spacial score (nSPS) is 10.3. The van der Waals surface area contributed by atoms with Crippen molar-refractivity contribution in [3.63, 3.8) is 0 Å². The van der Waals surface area contributed by atoms with Crippen LogP contribution in [0.4, 0.5) is 0 Å². The molecule has 0 aliphatic carbocycles. The van der Waals surface area contributed by atoms with Crippen LogP contribution in [0.3, 0.4) is 0 Å². The molecule has 0 fully saturated rings. The van der Waals surface area contributed by atoms with Crippen molar-refractivity contribution in [1.29, 1.82) is 0 Å². The number of amides is 1.